The SMILES string of the molecule is C/C(C#CSc1cc2c(cc1C)C(C)(C)CCC2(C)C)=C\C(=O)[O-]. The molecule has 0 saturated carbocycles. The summed E-state index contributed by atoms with van der Waals surface area (Å²) in [6.07, 6.45) is 3.41. The van der Waals surface area contributed by atoms with Crippen LogP contribution in [0.25, 0.3) is 0 Å². The van der Waals surface area contributed by atoms with Crippen LogP contribution >= 0.6 is 11.8 Å². The minimum atomic E-state index is -1.21. The van der Waals surface area contributed by atoms with Gasteiger partial charge < -0.3 is 9.90 Å². The lowest BCUT2D eigenvalue weighted by Crippen LogP contribution is -2.34. The highest BCUT2D eigenvalue weighted by Crippen LogP contribution is 2.47. The zero-order valence-electron chi connectivity index (χ0n) is 15.4. The number of carboxylic acid groups (broad SMARTS) is 1. The first-order valence-electron chi connectivity index (χ1n) is 8.26. The fourth-order valence-electron chi connectivity index (χ4n) is 3.19. The summed E-state index contributed by atoms with van der Waals surface area (Å²) in [5.41, 5.74) is 4.96. The van der Waals surface area contributed by atoms with E-state index < -0.39 is 5.97 Å². The lowest BCUT2D eigenvalue weighted by atomic mass is 9.63. The highest BCUT2D eigenvalue weighted by molar-refractivity contribution is 8.04. The highest BCUT2D eigenvalue weighted by Gasteiger charge is 2.37. The molecule has 1 aromatic rings. The molecule has 0 unspecified atom stereocenters. The molecule has 0 aliphatic heterocycles. The maximum atomic E-state index is 10.5. The van der Waals surface area contributed by atoms with Gasteiger partial charge in [-0.15, -0.1) is 0 Å². The zero-order chi connectivity index (χ0) is 18.1. The molecule has 0 amide bonds. The summed E-state index contributed by atoms with van der Waals surface area (Å²) in [6, 6.07) is 4.59. The summed E-state index contributed by atoms with van der Waals surface area (Å²) >= 11 is 1.46. The molecule has 1 aromatic carbocycles. The number of benzene rings is 1. The van der Waals surface area contributed by atoms with E-state index in [1.807, 2.05) is 0 Å². The van der Waals surface area contributed by atoms with Crippen LogP contribution in [0.5, 0.6) is 0 Å². The van der Waals surface area contributed by atoms with E-state index in [2.05, 4.69) is 57.9 Å². The van der Waals surface area contributed by atoms with E-state index in [0.29, 0.717) is 5.57 Å². The topological polar surface area (TPSA) is 40.1 Å². The molecule has 3 heteroatoms. The molecule has 1 aliphatic carbocycles. The molecule has 0 bridgehead atoms. The van der Waals surface area contributed by atoms with Gasteiger partial charge in [-0.2, -0.15) is 0 Å². The molecule has 2 nitrogen and oxygen atoms in total. The Labute approximate surface area is 149 Å². The first kappa shape index (κ1) is 18.7. The third-order valence-electron chi connectivity index (χ3n) is 4.89. The van der Waals surface area contributed by atoms with Gasteiger partial charge in [0, 0.05) is 10.5 Å². The van der Waals surface area contributed by atoms with Gasteiger partial charge in [-0.25, -0.2) is 0 Å². The molecule has 0 spiro atoms. The van der Waals surface area contributed by atoms with Gasteiger partial charge in [0.2, 0.25) is 0 Å². The van der Waals surface area contributed by atoms with E-state index >= 15 is 0 Å². The molecule has 0 fully saturated rings. The van der Waals surface area contributed by atoms with Crippen molar-refractivity contribution in [2.45, 2.75) is 70.1 Å². The maximum absolute atomic E-state index is 10.5. The molecule has 0 heterocycles. The third kappa shape index (κ3) is 4.05. The van der Waals surface area contributed by atoms with Crippen molar-refractivity contribution in [3.8, 4) is 11.2 Å². The first-order valence-corrected chi connectivity index (χ1v) is 9.07. The summed E-state index contributed by atoms with van der Waals surface area (Å²) in [6.45, 7) is 13.1. The van der Waals surface area contributed by atoms with Gasteiger partial charge in [0.15, 0.2) is 0 Å². The number of hydrogen-bond donors (Lipinski definition) is 0. The van der Waals surface area contributed by atoms with Gasteiger partial charge in [0.1, 0.15) is 0 Å². The number of thioether (sulfide) groups is 1. The Kier molecular flexibility index (Phi) is 5.20. The minimum absolute atomic E-state index is 0.173. The highest BCUT2D eigenvalue weighted by atomic mass is 32.2. The van der Waals surface area contributed by atoms with Crippen molar-refractivity contribution in [2.24, 2.45) is 0 Å². The van der Waals surface area contributed by atoms with Gasteiger partial charge in [-0.05, 0) is 83.4 Å². The van der Waals surface area contributed by atoms with Gasteiger partial charge in [-0.3, -0.25) is 0 Å². The molecule has 0 atom stereocenters. The monoisotopic (exact) mass is 341 g/mol. The molecule has 1 aliphatic rings. The van der Waals surface area contributed by atoms with Crippen molar-refractivity contribution in [3.05, 3.63) is 40.5 Å². The average Bonchev–Trinajstić information content (AvgIpc) is 2.44. The van der Waals surface area contributed by atoms with Crippen LogP contribution in [-0.2, 0) is 15.6 Å². The Balaban J connectivity index is 2.38. The molecule has 0 N–H and O–H groups in total. The Bertz CT molecular complexity index is 758. The van der Waals surface area contributed by atoms with Crippen LogP contribution in [0, 0.1) is 18.1 Å². The second kappa shape index (κ2) is 6.69. The predicted octanol–water partition coefficient (Wildman–Crippen LogP) is 4.09. The third-order valence-corrected chi connectivity index (χ3v) is 5.76. The van der Waals surface area contributed by atoms with E-state index in [0.717, 1.165) is 11.0 Å². The summed E-state index contributed by atoms with van der Waals surface area (Å²) in [5.74, 6) is 1.65. The van der Waals surface area contributed by atoms with Gasteiger partial charge in [-0.1, -0.05) is 39.7 Å². The van der Waals surface area contributed by atoms with Crippen LogP contribution in [-0.4, -0.2) is 5.97 Å². The summed E-state index contributed by atoms with van der Waals surface area (Å²) in [7, 11) is 0. The van der Waals surface area contributed by atoms with Crippen LogP contribution in [0.1, 0.15) is 64.2 Å². The zero-order valence-corrected chi connectivity index (χ0v) is 16.2. The Morgan fingerprint density at radius 3 is 2.25 bits per heavy atom. The van der Waals surface area contributed by atoms with Crippen molar-refractivity contribution in [2.75, 3.05) is 0 Å². The molecule has 0 aromatic heterocycles. The number of carbonyl (C=O) groups is 1. The normalized spacial score (nSPS) is 18.3. The predicted molar refractivity (Wildman–Crippen MR) is 98.9 cm³/mol. The van der Waals surface area contributed by atoms with Crippen LogP contribution in [0.2, 0.25) is 0 Å². The van der Waals surface area contributed by atoms with Gasteiger partial charge >= 0.3 is 0 Å². The van der Waals surface area contributed by atoms with Crippen molar-refractivity contribution < 1.29 is 9.90 Å². The molecular formula is C21H25O2S-. The Hall–Kier alpha value is -1.66. The molecule has 2 rings (SSSR count). The summed E-state index contributed by atoms with van der Waals surface area (Å²) in [4.78, 5) is 11.7. The number of carbonyl (C=O) groups excluding carboxylic acids is 1. The Morgan fingerprint density at radius 1 is 1.17 bits per heavy atom. The number of carboxylic acids is 1. The molecule has 0 saturated heterocycles. The number of aryl methyl sites for hydroxylation is 1. The second-order valence-corrected chi connectivity index (χ2v) is 8.75. The summed E-state index contributed by atoms with van der Waals surface area (Å²) < 4.78 is 0. The average molecular weight is 341 g/mol. The standard InChI is InChI=1S/C21H26O2S/c1-14(11-19(22)23)7-10-24-18-13-17-16(12-15(18)2)20(3,4)8-9-21(17,5)6/h11-13H,8-9H2,1-6H3,(H,22,23)/p-1/b14-11+. The first-order chi connectivity index (χ1) is 11.0. The van der Waals surface area contributed by atoms with Crippen LogP contribution in [0.4, 0.5) is 0 Å². The van der Waals surface area contributed by atoms with Crippen LogP contribution in [0.15, 0.2) is 28.7 Å². The van der Waals surface area contributed by atoms with Crippen molar-refractivity contribution in [1.82, 2.24) is 0 Å². The quantitative estimate of drug-likeness (QED) is 0.462. The summed E-state index contributed by atoms with van der Waals surface area (Å²) in [5, 5.41) is 13.5. The fourth-order valence-corrected chi connectivity index (χ4v) is 3.90. The largest absolute Gasteiger partial charge is 0.545 e. The smallest absolute Gasteiger partial charge is 0.0651 e. The lowest BCUT2D eigenvalue weighted by molar-refractivity contribution is -0.297. The van der Waals surface area contributed by atoms with Gasteiger partial charge in [0.25, 0.3) is 0 Å². The maximum Gasteiger partial charge on any atom is 0.0651 e. The molecular weight excluding hydrogens is 316 g/mol. The van der Waals surface area contributed by atoms with E-state index in [4.69, 9.17) is 0 Å². The number of hydrogen-bond acceptors (Lipinski definition) is 3. The van der Waals surface area contributed by atoms with E-state index in [1.165, 1.54) is 41.3 Å². The molecule has 128 valence electrons. The Morgan fingerprint density at radius 2 is 1.71 bits per heavy atom. The van der Waals surface area contributed by atoms with Crippen molar-refractivity contribution in [3.63, 3.8) is 0 Å². The lowest BCUT2D eigenvalue weighted by Gasteiger charge is -2.42. The van der Waals surface area contributed by atoms with Gasteiger partial charge in [0.05, 0.1) is 5.97 Å². The van der Waals surface area contributed by atoms with E-state index in [-0.39, 0.29) is 10.8 Å². The van der Waals surface area contributed by atoms with E-state index in [1.54, 1.807) is 6.92 Å². The fraction of sp³-hybridized carbons (Fsp3) is 0.476. The minimum Gasteiger partial charge on any atom is -0.545 e. The van der Waals surface area contributed by atoms with E-state index in [9.17, 15) is 9.90 Å². The van der Waals surface area contributed by atoms with Crippen molar-refractivity contribution in [1.29, 1.82) is 0 Å². The number of aliphatic carboxylic acids is 1. The second-order valence-electron chi connectivity index (χ2n) is 7.91. The molecule has 24 heavy (non-hydrogen) atoms. The van der Waals surface area contributed by atoms with Crippen LogP contribution in [0.3, 0.4) is 0 Å². The molecule has 0 radical (unpaired) electrons. The number of rotatable bonds is 2. The number of allylic oxidation sites excluding steroid dienone is 1. The van der Waals surface area contributed by atoms with Crippen LogP contribution < -0.4 is 5.11 Å². The number of fused-ring (bicyclic) bond motifs is 1. The van der Waals surface area contributed by atoms with Crippen molar-refractivity contribution >= 4 is 17.7 Å².